The number of pyridine rings is 1. The van der Waals surface area contributed by atoms with Crippen LogP contribution in [0, 0.1) is 0 Å². The summed E-state index contributed by atoms with van der Waals surface area (Å²) in [7, 11) is -4.01. The van der Waals surface area contributed by atoms with Crippen LogP contribution in [0.25, 0.3) is 0 Å². The molecule has 1 aromatic heterocycles. The Bertz CT molecular complexity index is 760. The number of sulfonamides is 1. The fraction of sp³-hybridized carbons (Fsp3) is 0.0769. The van der Waals surface area contributed by atoms with Crippen LogP contribution >= 0.6 is 0 Å². The topological polar surface area (TPSA) is 122 Å². The van der Waals surface area contributed by atoms with Crippen LogP contribution in [0.3, 0.4) is 0 Å². The summed E-state index contributed by atoms with van der Waals surface area (Å²) in [5.41, 5.74) is 5.88. The van der Waals surface area contributed by atoms with E-state index in [1.165, 1.54) is 12.3 Å². The fourth-order valence-corrected chi connectivity index (χ4v) is 2.92. The van der Waals surface area contributed by atoms with Gasteiger partial charge in [-0.15, -0.1) is 0 Å². The van der Waals surface area contributed by atoms with Gasteiger partial charge in [0.05, 0.1) is 22.7 Å². The maximum absolute atomic E-state index is 12.2. The summed E-state index contributed by atoms with van der Waals surface area (Å²) in [6, 6.07) is 8.69. The average Bonchev–Trinajstić information content (AvgIpc) is 2.46. The normalized spacial score (nSPS) is 11.2. The molecular formula is C13H13N3O4S. The summed E-state index contributed by atoms with van der Waals surface area (Å²) >= 11 is 0. The zero-order valence-corrected chi connectivity index (χ0v) is 11.7. The molecule has 2 aromatic rings. The maximum atomic E-state index is 12.2. The second-order valence-electron chi connectivity index (χ2n) is 4.21. The van der Waals surface area contributed by atoms with Gasteiger partial charge >= 0.3 is 5.97 Å². The molecule has 0 aliphatic rings. The summed E-state index contributed by atoms with van der Waals surface area (Å²) in [6.45, 7) is -0.0446. The molecule has 0 radical (unpaired) electrons. The van der Waals surface area contributed by atoms with Gasteiger partial charge in [-0.3, -0.25) is 4.98 Å². The lowest BCUT2D eigenvalue weighted by Gasteiger charge is -2.10. The van der Waals surface area contributed by atoms with E-state index in [0.29, 0.717) is 5.69 Å². The standard InChI is InChI=1S/C13H13N3O4S/c14-9-4-5-11(13(17)18)12(7-9)21(19,20)16-8-10-3-1-2-6-15-10/h1-7,16H,8,14H2,(H,17,18). The fourth-order valence-electron chi connectivity index (χ4n) is 1.69. The summed E-state index contributed by atoms with van der Waals surface area (Å²) in [4.78, 5) is 14.7. The minimum Gasteiger partial charge on any atom is -0.478 e. The van der Waals surface area contributed by atoms with Gasteiger partial charge in [-0.2, -0.15) is 0 Å². The van der Waals surface area contributed by atoms with E-state index < -0.39 is 16.0 Å². The number of nitrogens with zero attached hydrogens (tertiary/aromatic N) is 1. The first-order chi connectivity index (χ1) is 9.90. The van der Waals surface area contributed by atoms with Crippen molar-refractivity contribution in [3.63, 3.8) is 0 Å². The Kier molecular flexibility index (Phi) is 4.20. The van der Waals surface area contributed by atoms with Crippen LogP contribution in [-0.4, -0.2) is 24.5 Å². The van der Waals surface area contributed by atoms with Crippen molar-refractivity contribution in [2.45, 2.75) is 11.4 Å². The number of anilines is 1. The second-order valence-corrected chi connectivity index (χ2v) is 5.94. The third-order valence-corrected chi connectivity index (χ3v) is 4.14. The number of carbonyl (C=O) groups is 1. The highest BCUT2D eigenvalue weighted by Crippen LogP contribution is 2.19. The number of nitrogens with one attached hydrogen (secondary N) is 1. The van der Waals surface area contributed by atoms with Crippen molar-refractivity contribution < 1.29 is 18.3 Å². The summed E-state index contributed by atoms with van der Waals surface area (Å²) < 4.78 is 26.8. The molecule has 0 aliphatic heterocycles. The lowest BCUT2D eigenvalue weighted by Crippen LogP contribution is -2.25. The lowest BCUT2D eigenvalue weighted by atomic mass is 10.2. The molecule has 0 saturated heterocycles. The van der Waals surface area contributed by atoms with Crippen molar-refractivity contribution >= 4 is 21.7 Å². The average molecular weight is 307 g/mol. The Morgan fingerprint density at radius 3 is 2.67 bits per heavy atom. The minimum absolute atomic E-state index is 0.0446. The van der Waals surface area contributed by atoms with Crippen LogP contribution in [0.2, 0.25) is 0 Å². The molecule has 7 nitrogen and oxygen atoms in total. The quantitative estimate of drug-likeness (QED) is 0.703. The molecule has 0 saturated carbocycles. The minimum atomic E-state index is -4.01. The number of rotatable bonds is 5. The van der Waals surface area contributed by atoms with Crippen LogP contribution in [0.15, 0.2) is 47.5 Å². The Morgan fingerprint density at radius 2 is 2.05 bits per heavy atom. The zero-order valence-electron chi connectivity index (χ0n) is 10.9. The summed E-state index contributed by atoms with van der Waals surface area (Å²) in [5.74, 6) is -1.34. The van der Waals surface area contributed by atoms with Crippen LogP contribution in [-0.2, 0) is 16.6 Å². The van der Waals surface area contributed by atoms with Crippen LogP contribution < -0.4 is 10.5 Å². The van der Waals surface area contributed by atoms with E-state index in [9.17, 15) is 13.2 Å². The summed E-state index contributed by atoms with van der Waals surface area (Å²) in [5, 5.41) is 9.06. The van der Waals surface area contributed by atoms with E-state index >= 15 is 0 Å². The van der Waals surface area contributed by atoms with Crippen molar-refractivity contribution in [3.05, 3.63) is 53.9 Å². The number of hydrogen-bond acceptors (Lipinski definition) is 5. The van der Waals surface area contributed by atoms with Crippen LogP contribution in [0.5, 0.6) is 0 Å². The molecule has 8 heteroatoms. The summed E-state index contributed by atoms with van der Waals surface area (Å²) in [6.07, 6.45) is 1.53. The van der Waals surface area contributed by atoms with Gasteiger partial charge in [0.2, 0.25) is 10.0 Å². The molecule has 0 amide bonds. The Hall–Kier alpha value is -2.45. The predicted octanol–water partition coefficient (Wildman–Crippen LogP) is 0.840. The van der Waals surface area contributed by atoms with Gasteiger partial charge in [0.25, 0.3) is 0 Å². The van der Waals surface area contributed by atoms with Gasteiger partial charge in [0.1, 0.15) is 0 Å². The highest BCUT2D eigenvalue weighted by molar-refractivity contribution is 7.89. The van der Waals surface area contributed by atoms with E-state index in [1.54, 1.807) is 18.2 Å². The number of hydrogen-bond donors (Lipinski definition) is 3. The van der Waals surface area contributed by atoms with Gasteiger partial charge in [0.15, 0.2) is 0 Å². The largest absolute Gasteiger partial charge is 0.478 e. The van der Waals surface area contributed by atoms with Crippen molar-refractivity contribution in [1.82, 2.24) is 9.71 Å². The zero-order chi connectivity index (χ0) is 15.5. The van der Waals surface area contributed by atoms with E-state index in [4.69, 9.17) is 10.8 Å². The van der Waals surface area contributed by atoms with Crippen LogP contribution in [0.4, 0.5) is 5.69 Å². The first kappa shape index (κ1) is 14.9. The SMILES string of the molecule is Nc1ccc(C(=O)O)c(S(=O)(=O)NCc2ccccn2)c1. The van der Waals surface area contributed by atoms with Gasteiger partial charge in [-0.05, 0) is 30.3 Å². The number of benzene rings is 1. The number of carboxylic acid groups (broad SMARTS) is 1. The van der Waals surface area contributed by atoms with Gasteiger partial charge in [-0.25, -0.2) is 17.9 Å². The van der Waals surface area contributed by atoms with Crippen molar-refractivity contribution in [3.8, 4) is 0 Å². The molecule has 0 unspecified atom stereocenters. The first-order valence-electron chi connectivity index (χ1n) is 5.92. The van der Waals surface area contributed by atoms with Crippen molar-refractivity contribution in [2.75, 3.05) is 5.73 Å². The molecule has 21 heavy (non-hydrogen) atoms. The lowest BCUT2D eigenvalue weighted by molar-refractivity contribution is 0.0692. The van der Waals surface area contributed by atoms with E-state index in [2.05, 4.69) is 9.71 Å². The third-order valence-electron chi connectivity index (χ3n) is 2.70. The molecule has 0 fully saturated rings. The number of carboxylic acids is 1. The Morgan fingerprint density at radius 1 is 1.29 bits per heavy atom. The first-order valence-corrected chi connectivity index (χ1v) is 7.41. The molecule has 1 heterocycles. The van der Waals surface area contributed by atoms with Gasteiger partial charge < -0.3 is 10.8 Å². The van der Waals surface area contributed by atoms with Crippen molar-refractivity contribution in [1.29, 1.82) is 0 Å². The van der Waals surface area contributed by atoms with Gasteiger partial charge in [0, 0.05) is 11.9 Å². The molecule has 0 bridgehead atoms. The van der Waals surface area contributed by atoms with E-state index in [-0.39, 0.29) is 22.7 Å². The van der Waals surface area contributed by atoms with Crippen molar-refractivity contribution in [2.24, 2.45) is 0 Å². The number of aromatic carboxylic acids is 1. The highest BCUT2D eigenvalue weighted by atomic mass is 32.2. The molecule has 0 aliphatic carbocycles. The highest BCUT2D eigenvalue weighted by Gasteiger charge is 2.22. The predicted molar refractivity (Wildman–Crippen MR) is 76.1 cm³/mol. The third kappa shape index (κ3) is 3.56. The monoisotopic (exact) mass is 307 g/mol. The second kappa shape index (κ2) is 5.90. The van der Waals surface area contributed by atoms with Crippen LogP contribution in [0.1, 0.15) is 16.1 Å². The molecule has 2 rings (SSSR count). The smallest absolute Gasteiger partial charge is 0.337 e. The van der Waals surface area contributed by atoms with Gasteiger partial charge in [-0.1, -0.05) is 6.07 Å². The van der Waals surface area contributed by atoms with E-state index in [1.807, 2.05) is 0 Å². The molecule has 1 aromatic carbocycles. The Labute approximate surface area is 121 Å². The van der Waals surface area contributed by atoms with E-state index in [0.717, 1.165) is 12.1 Å². The molecule has 0 spiro atoms. The molecule has 0 atom stereocenters. The maximum Gasteiger partial charge on any atom is 0.337 e. The number of nitrogens with two attached hydrogens (primary N) is 1. The Balaban J connectivity index is 2.31. The molecule has 110 valence electrons. The molecular weight excluding hydrogens is 294 g/mol. The number of nitrogen functional groups attached to an aromatic ring is 1. The molecule has 4 N–H and O–H groups in total. The number of aromatic nitrogens is 1.